The molecule has 2 aromatic heterocycles. The van der Waals surface area contributed by atoms with E-state index >= 15 is 0 Å². The van der Waals surface area contributed by atoms with E-state index in [4.69, 9.17) is 0 Å². The van der Waals surface area contributed by atoms with Gasteiger partial charge in [-0.1, -0.05) is 30.3 Å². The van der Waals surface area contributed by atoms with E-state index in [1.54, 1.807) is 23.5 Å². The predicted octanol–water partition coefficient (Wildman–Crippen LogP) is 2.72. The summed E-state index contributed by atoms with van der Waals surface area (Å²) in [4.78, 5) is 31.9. The molecule has 25 heavy (non-hydrogen) atoms. The van der Waals surface area contributed by atoms with Crippen LogP contribution >= 0.6 is 0 Å². The largest absolute Gasteiger partial charge is 0.292 e. The highest BCUT2D eigenvalue weighted by atomic mass is 16.2. The fraction of sp³-hybridized carbons (Fsp3) is 0.211. The molecular formula is C19H17N5O. The number of hydrogen-bond donors (Lipinski definition) is 0. The van der Waals surface area contributed by atoms with Gasteiger partial charge in [0.05, 0.1) is 12.7 Å². The van der Waals surface area contributed by atoms with E-state index in [-0.39, 0.29) is 5.91 Å². The first kappa shape index (κ1) is 15.4. The Hall–Kier alpha value is -3.15. The average Bonchev–Trinajstić information content (AvgIpc) is 2.65. The maximum absolute atomic E-state index is 12.6. The molecule has 0 spiro atoms. The van der Waals surface area contributed by atoms with Crippen molar-refractivity contribution >= 4 is 11.7 Å². The highest BCUT2D eigenvalue weighted by Gasteiger charge is 2.28. The van der Waals surface area contributed by atoms with Crippen LogP contribution in [-0.2, 0) is 17.8 Å². The third-order valence-electron chi connectivity index (χ3n) is 4.31. The standard InChI is InChI=1S/C19H17N5O/c1-13-15-7-8-17(25)24(12-14-5-3-2-4-6-14)19(15)23-18(22-13)16-11-20-9-10-21-16/h2-6,9-11H,7-8,12H2,1H3. The molecule has 124 valence electrons. The highest BCUT2D eigenvalue weighted by Crippen LogP contribution is 2.30. The summed E-state index contributed by atoms with van der Waals surface area (Å²) in [5.74, 6) is 1.27. The second kappa shape index (κ2) is 6.39. The third-order valence-corrected chi connectivity index (χ3v) is 4.31. The zero-order chi connectivity index (χ0) is 17.2. The fourth-order valence-corrected chi connectivity index (χ4v) is 3.04. The van der Waals surface area contributed by atoms with Crippen LogP contribution in [0.4, 0.5) is 5.82 Å². The lowest BCUT2D eigenvalue weighted by atomic mass is 10.0. The topological polar surface area (TPSA) is 71.9 Å². The van der Waals surface area contributed by atoms with E-state index in [1.165, 1.54) is 0 Å². The van der Waals surface area contributed by atoms with E-state index in [2.05, 4.69) is 19.9 Å². The predicted molar refractivity (Wildman–Crippen MR) is 93.7 cm³/mol. The number of aryl methyl sites for hydroxylation is 1. The van der Waals surface area contributed by atoms with E-state index in [0.717, 1.165) is 16.8 Å². The molecule has 1 aromatic carbocycles. The van der Waals surface area contributed by atoms with Crippen molar-refractivity contribution in [3.8, 4) is 11.5 Å². The lowest BCUT2D eigenvalue weighted by Gasteiger charge is -2.29. The molecule has 3 heterocycles. The van der Waals surface area contributed by atoms with Crippen LogP contribution in [0.25, 0.3) is 11.5 Å². The van der Waals surface area contributed by atoms with Gasteiger partial charge in [-0.2, -0.15) is 0 Å². The van der Waals surface area contributed by atoms with Crippen molar-refractivity contribution in [3.05, 3.63) is 65.7 Å². The highest BCUT2D eigenvalue weighted by molar-refractivity contribution is 5.95. The third kappa shape index (κ3) is 2.98. The fourth-order valence-electron chi connectivity index (χ4n) is 3.04. The van der Waals surface area contributed by atoms with Crippen LogP contribution in [0.1, 0.15) is 23.2 Å². The van der Waals surface area contributed by atoms with E-state index in [0.29, 0.717) is 36.7 Å². The van der Waals surface area contributed by atoms with Gasteiger partial charge in [-0.3, -0.25) is 14.7 Å². The Morgan fingerprint density at radius 2 is 1.92 bits per heavy atom. The molecule has 0 saturated carbocycles. The number of aromatic nitrogens is 4. The van der Waals surface area contributed by atoms with Crippen molar-refractivity contribution in [3.63, 3.8) is 0 Å². The molecule has 0 radical (unpaired) electrons. The lowest BCUT2D eigenvalue weighted by Crippen LogP contribution is -2.36. The molecule has 0 aliphatic carbocycles. The summed E-state index contributed by atoms with van der Waals surface area (Å²) in [6, 6.07) is 9.94. The number of amides is 1. The Morgan fingerprint density at radius 1 is 1.08 bits per heavy atom. The minimum atomic E-state index is 0.0829. The van der Waals surface area contributed by atoms with Gasteiger partial charge in [0.1, 0.15) is 11.5 Å². The molecule has 0 bridgehead atoms. The van der Waals surface area contributed by atoms with Gasteiger partial charge in [0.25, 0.3) is 0 Å². The number of carbonyl (C=O) groups excluding carboxylic acids is 1. The molecule has 6 nitrogen and oxygen atoms in total. The molecule has 3 aromatic rings. The van der Waals surface area contributed by atoms with E-state index in [9.17, 15) is 4.79 Å². The van der Waals surface area contributed by atoms with Crippen molar-refractivity contribution in [2.75, 3.05) is 4.90 Å². The number of hydrogen-bond acceptors (Lipinski definition) is 5. The maximum atomic E-state index is 12.6. The summed E-state index contributed by atoms with van der Waals surface area (Å²) in [5, 5.41) is 0. The number of carbonyl (C=O) groups is 1. The zero-order valence-corrected chi connectivity index (χ0v) is 13.9. The number of benzene rings is 1. The zero-order valence-electron chi connectivity index (χ0n) is 13.9. The first-order valence-electron chi connectivity index (χ1n) is 8.20. The Morgan fingerprint density at radius 3 is 2.68 bits per heavy atom. The summed E-state index contributed by atoms with van der Waals surface area (Å²) >= 11 is 0. The van der Waals surface area contributed by atoms with E-state index < -0.39 is 0 Å². The maximum Gasteiger partial charge on any atom is 0.228 e. The Balaban J connectivity index is 1.79. The van der Waals surface area contributed by atoms with Crippen LogP contribution in [0.2, 0.25) is 0 Å². The average molecular weight is 331 g/mol. The van der Waals surface area contributed by atoms with Crippen LogP contribution in [0.3, 0.4) is 0 Å². The van der Waals surface area contributed by atoms with Crippen LogP contribution in [-0.4, -0.2) is 25.8 Å². The monoisotopic (exact) mass is 331 g/mol. The van der Waals surface area contributed by atoms with Crippen molar-refractivity contribution in [1.29, 1.82) is 0 Å². The number of nitrogens with zero attached hydrogens (tertiary/aromatic N) is 5. The van der Waals surface area contributed by atoms with Gasteiger partial charge in [-0.05, 0) is 18.9 Å². The number of anilines is 1. The van der Waals surface area contributed by atoms with Crippen molar-refractivity contribution in [2.45, 2.75) is 26.3 Å². The Bertz CT molecular complexity index is 912. The second-order valence-corrected chi connectivity index (χ2v) is 5.99. The van der Waals surface area contributed by atoms with Crippen molar-refractivity contribution in [2.24, 2.45) is 0 Å². The molecule has 0 N–H and O–H groups in total. The molecular weight excluding hydrogens is 314 g/mol. The Labute approximate surface area is 145 Å². The van der Waals surface area contributed by atoms with Gasteiger partial charge >= 0.3 is 0 Å². The summed E-state index contributed by atoms with van der Waals surface area (Å²) in [5.41, 5.74) is 3.59. The van der Waals surface area contributed by atoms with Gasteiger partial charge in [0, 0.05) is 30.1 Å². The molecule has 0 fully saturated rings. The minimum Gasteiger partial charge on any atom is -0.292 e. The molecule has 1 amide bonds. The molecule has 0 unspecified atom stereocenters. The van der Waals surface area contributed by atoms with Crippen LogP contribution in [0, 0.1) is 6.92 Å². The van der Waals surface area contributed by atoms with E-state index in [1.807, 2.05) is 37.3 Å². The molecule has 1 aliphatic heterocycles. The smallest absolute Gasteiger partial charge is 0.228 e. The molecule has 6 heteroatoms. The molecule has 0 saturated heterocycles. The van der Waals surface area contributed by atoms with Crippen molar-refractivity contribution in [1.82, 2.24) is 19.9 Å². The first-order chi connectivity index (χ1) is 12.2. The van der Waals surface area contributed by atoms with Gasteiger partial charge in [-0.25, -0.2) is 15.0 Å². The number of fused-ring (bicyclic) bond motifs is 1. The van der Waals surface area contributed by atoms with Gasteiger partial charge in [-0.15, -0.1) is 0 Å². The summed E-state index contributed by atoms with van der Waals surface area (Å²) in [6.45, 7) is 2.46. The lowest BCUT2D eigenvalue weighted by molar-refractivity contribution is -0.119. The first-order valence-corrected chi connectivity index (χ1v) is 8.20. The van der Waals surface area contributed by atoms with Crippen LogP contribution in [0.5, 0.6) is 0 Å². The quantitative estimate of drug-likeness (QED) is 0.738. The van der Waals surface area contributed by atoms with Crippen molar-refractivity contribution < 1.29 is 4.79 Å². The molecule has 4 rings (SSSR count). The summed E-state index contributed by atoms with van der Waals surface area (Å²) < 4.78 is 0. The summed E-state index contributed by atoms with van der Waals surface area (Å²) in [6.07, 6.45) is 6.01. The van der Waals surface area contributed by atoms with Crippen LogP contribution < -0.4 is 4.90 Å². The summed E-state index contributed by atoms with van der Waals surface area (Å²) in [7, 11) is 0. The van der Waals surface area contributed by atoms with Gasteiger partial charge < -0.3 is 0 Å². The van der Waals surface area contributed by atoms with Gasteiger partial charge in [0.2, 0.25) is 5.91 Å². The van der Waals surface area contributed by atoms with Gasteiger partial charge in [0.15, 0.2) is 5.82 Å². The normalized spacial score (nSPS) is 13.6. The molecule has 0 atom stereocenters. The second-order valence-electron chi connectivity index (χ2n) is 5.99. The number of rotatable bonds is 3. The minimum absolute atomic E-state index is 0.0829. The molecule has 1 aliphatic rings. The Kier molecular flexibility index (Phi) is 3.93. The van der Waals surface area contributed by atoms with Crippen LogP contribution in [0.15, 0.2) is 48.9 Å². The SMILES string of the molecule is Cc1nc(-c2cnccn2)nc2c1CCC(=O)N2Cc1ccccc1.